The van der Waals surface area contributed by atoms with Crippen LogP contribution in [-0.4, -0.2) is 28.4 Å². The van der Waals surface area contributed by atoms with Crippen molar-refractivity contribution >= 4 is 52.3 Å². The van der Waals surface area contributed by atoms with E-state index >= 15 is 0 Å². The normalized spacial score (nSPS) is 12.9. The van der Waals surface area contributed by atoms with Crippen molar-refractivity contribution < 1.29 is 18.9 Å². The first-order valence-electron chi connectivity index (χ1n) is 11.8. The average molecular weight is 577 g/mol. The van der Waals surface area contributed by atoms with Gasteiger partial charge in [0.2, 0.25) is 5.91 Å². The number of amides is 2. The molecule has 10 heteroatoms. The first kappa shape index (κ1) is 29.6. The Labute approximate surface area is 236 Å². The molecule has 0 aliphatic carbocycles. The maximum absolute atomic E-state index is 12.5. The summed E-state index contributed by atoms with van der Waals surface area (Å²) < 4.78 is 19.5. The van der Waals surface area contributed by atoms with Gasteiger partial charge in [-0.3, -0.25) is 4.79 Å². The van der Waals surface area contributed by atoms with E-state index in [2.05, 4.69) is 5.32 Å². The molecule has 0 spiro atoms. The second-order valence-electron chi connectivity index (χ2n) is 9.70. The molecule has 7 nitrogen and oxygen atoms in total. The van der Waals surface area contributed by atoms with Crippen molar-refractivity contribution in [1.82, 2.24) is 5.32 Å². The van der Waals surface area contributed by atoms with Crippen LogP contribution in [-0.2, 0) is 34.0 Å². The average Bonchev–Trinajstić information content (AvgIpc) is 2.84. The smallest absolute Gasteiger partial charge is 0.407 e. The van der Waals surface area contributed by atoms with Crippen LogP contribution >= 0.6 is 23.2 Å². The van der Waals surface area contributed by atoms with Gasteiger partial charge < -0.3 is 20.3 Å². The molecule has 0 radical (unpaired) electrons. The number of halogens is 2. The highest BCUT2D eigenvalue weighted by atomic mass is 35.5. The number of primary amides is 1. The number of hydrogen-bond acceptors (Lipinski definition) is 5. The molecule has 3 rings (SSSR count). The molecule has 2 unspecified atom stereocenters. The zero-order valence-electron chi connectivity index (χ0n) is 21.7. The molecule has 3 N–H and O–H groups in total. The topological polar surface area (TPSA) is 108 Å². The molecule has 38 heavy (non-hydrogen) atoms. The molecule has 0 aliphatic rings. The van der Waals surface area contributed by atoms with Crippen LogP contribution in [0.1, 0.15) is 48.9 Å². The number of nitrogens with zero attached hydrogens (tertiary/aromatic N) is 1. The lowest BCUT2D eigenvalue weighted by Crippen LogP contribution is -2.32. The Kier molecular flexibility index (Phi) is 9.95. The monoisotopic (exact) mass is 575 g/mol. The Morgan fingerprint density at radius 2 is 1.61 bits per heavy atom. The zero-order chi connectivity index (χ0) is 28.0. The van der Waals surface area contributed by atoms with Crippen LogP contribution in [0.4, 0.5) is 10.5 Å². The predicted octanol–water partition coefficient (Wildman–Crippen LogP) is 5.94. The number of carbonyl (C=O) groups excluding carboxylic acids is 2. The van der Waals surface area contributed by atoms with Crippen LogP contribution in [0.3, 0.4) is 0 Å². The number of nitrogens with two attached hydrogens (primary N) is 1. The van der Waals surface area contributed by atoms with Crippen LogP contribution in [0.15, 0.2) is 66.7 Å². The lowest BCUT2D eigenvalue weighted by atomic mass is 9.90. The van der Waals surface area contributed by atoms with Gasteiger partial charge in [-0.2, -0.15) is 4.31 Å². The fourth-order valence-corrected chi connectivity index (χ4v) is 4.95. The highest BCUT2D eigenvalue weighted by molar-refractivity contribution is 7.92. The number of hydrogen-bond donors (Lipinski definition) is 2. The van der Waals surface area contributed by atoms with Gasteiger partial charge in [-0.05, 0) is 61.2 Å². The Morgan fingerprint density at radius 3 is 2.13 bits per heavy atom. The molecule has 0 aromatic heterocycles. The summed E-state index contributed by atoms with van der Waals surface area (Å²) >= 11 is 11.1. The maximum atomic E-state index is 12.5. The quantitative estimate of drug-likeness (QED) is 0.307. The van der Waals surface area contributed by atoms with Gasteiger partial charge in [0.05, 0.1) is 39.6 Å². The first-order chi connectivity index (χ1) is 17.9. The molecule has 0 heterocycles. The molecular weight excluding hydrogens is 545 g/mol. The summed E-state index contributed by atoms with van der Waals surface area (Å²) in [6.07, 6.45) is 1.08. The molecule has 3 aromatic rings. The minimum atomic E-state index is -1.34. The summed E-state index contributed by atoms with van der Waals surface area (Å²) in [7, 11) is 0. The van der Waals surface area contributed by atoms with Crippen LogP contribution < -0.4 is 15.4 Å². The number of anilines is 1. The highest BCUT2D eigenvalue weighted by Crippen LogP contribution is 2.31. The van der Waals surface area contributed by atoms with E-state index in [1.807, 2.05) is 30.3 Å². The van der Waals surface area contributed by atoms with Gasteiger partial charge in [-0.15, -0.1) is 0 Å². The fourth-order valence-electron chi connectivity index (χ4n) is 3.83. The highest BCUT2D eigenvalue weighted by Gasteiger charge is 2.23. The maximum Gasteiger partial charge on any atom is 0.407 e. The first-order valence-corrected chi connectivity index (χ1v) is 14.1. The molecule has 0 saturated heterocycles. The summed E-state index contributed by atoms with van der Waals surface area (Å²) in [5.74, 6) is -1.18. The zero-order valence-corrected chi connectivity index (χ0v) is 24.0. The lowest BCUT2D eigenvalue weighted by molar-refractivity contribution is -0.118. The van der Waals surface area contributed by atoms with Crippen molar-refractivity contribution in [3.63, 3.8) is 0 Å². The largest absolute Gasteiger partial charge is 0.593 e. The molecule has 2 atom stereocenters. The van der Waals surface area contributed by atoms with Crippen LogP contribution in [0.2, 0.25) is 10.0 Å². The van der Waals surface area contributed by atoms with Crippen molar-refractivity contribution in [3.05, 3.63) is 99.0 Å². The van der Waals surface area contributed by atoms with Crippen molar-refractivity contribution in [2.24, 2.45) is 5.73 Å². The van der Waals surface area contributed by atoms with E-state index in [1.54, 1.807) is 67.7 Å². The second kappa shape index (κ2) is 12.8. The molecule has 3 aromatic carbocycles. The molecule has 0 bridgehead atoms. The molecule has 2 amide bonds. The summed E-state index contributed by atoms with van der Waals surface area (Å²) in [4.78, 5) is 24.3. The molecule has 0 saturated carbocycles. The van der Waals surface area contributed by atoms with Gasteiger partial charge >= 0.3 is 6.09 Å². The summed E-state index contributed by atoms with van der Waals surface area (Å²) in [6.45, 7) is 5.97. The van der Waals surface area contributed by atoms with Crippen LogP contribution in [0.25, 0.3) is 0 Å². The fraction of sp³-hybridized carbons (Fsp3) is 0.286. The third-order valence-corrected chi connectivity index (χ3v) is 7.42. The van der Waals surface area contributed by atoms with Gasteiger partial charge in [0.25, 0.3) is 0 Å². The van der Waals surface area contributed by atoms with Gasteiger partial charge in [0.1, 0.15) is 11.9 Å². The third-order valence-electron chi connectivity index (χ3n) is 5.60. The van der Waals surface area contributed by atoms with E-state index in [0.29, 0.717) is 33.4 Å². The number of ether oxygens (including phenoxy) is 1. The molecule has 202 valence electrons. The van der Waals surface area contributed by atoms with Crippen molar-refractivity contribution in [2.75, 3.05) is 10.6 Å². The molecule has 0 fully saturated rings. The van der Waals surface area contributed by atoms with E-state index < -0.39 is 34.9 Å². The number of alkyl carbamates (subject to hydrolysis) is 1. The van der Waals surface area contributed by atoms with Gasteiger partial charge in [0.15, 0.2) is 0 Å². The Morgan fingerprint density at radius 1 is 1.03 bits per heavy atom. The van der Waals surface area contributed by atoms with Crippen LogP contribution in [0, 0.1) is 0 Å². The van der Waals surface area contributed by atoms with Crippen LogP contribution in [0.5, 0.6) is 0 Å². The van der Waals surface area contributed by atoms with Crippen molar-refractivity contribution in [1.29, 1.82) is 0 Å². The Balaban J connectivity index is 1.76. The standard InChI is InChI=1S/C28H31Cl2N3O4S/c1-28(2,3)37-27(35)32-16-18-8-10-19(11-9-18)24(26(31)34)20-12-14-22(15-13-20)33(38(4)36)17-21-6-5-7-23(29)25(21)30/h5-15,24H,16-17H2,1-4H3,(H2,31,34)(H,32,35). The van der Waals surface area contributed by atoms with E-state index in [0.717, 1.165) is 11.1 Å². The third kappa shape index (κ3) is 8.04. The summed E-state index contributed by atoms with van der Waals surface area (Å²) in [5.41, 5.74) is 8.89. The summed E-state index contributed by atoms with van der Waals surface area (Å²) in [5, 5.41) is 3.55. The Hall–Kier alpha value is -2.91. The number of rotatable bonds is 9. The minimum absolute atomic E-state index is 0.283. The molecular formula is C28H31Cl2N3O4S. The van der Waals surface area contributed by atoms with E-state index in [9.17, 15) is 14.1 Å². The van der Waals surface area contributed by atoms with Gasteiger partial charge in [0, 0.05) is 6.54 Å². The van der Waals surface area contributed by atoms with E-state index in [-0.39, 0.29) is 6.54 Å². The predicted molar refractivity (Wildman–Crippen MR) is 154 cm³/mol. The van der Waals surface area contributed by atoms with E-state index in [1.165, 1.54) is 0 Å². The van der Waals surface area contributed by atoms with Gasteiger partial charge in [-0.1, -0.05) is 71.7 Å². The SMILES string of the molecule is C[S+]([O-])N(Cc1cccc(Cl)c1Cl)c1ccc(C(C(N)=O)c2ccc(CNC(=O)OC(C)(C)C)cc2)cc1. The summed E-state index contributed by atoms with van der Waals surface area (Å²) in [6, 6.07) is 19.8. The molecule has 0 aliphatic heterocycles. The van der Waals surface area contributed by atoms with Gasteiger partial charge in [-0.25, -0.2) is 4.79 Å². The number of nitrogens with one attached hydrogen (secondary N) is 1. The van der Waals surface area contributed by atoms with Crippen molar-refractivity contribution in [2.45, 2.75) is 45.4 Å². The Bertz CT molecular complexity index is 1260. The van der Waals surface area contributed by atoms with E-state index in [4.69, 9.17) is 33.7 Å². The lowest BCUT2D eigenvalue weighted by Gasteiger charge is -2.25. The number of benzene rings is 3. The second-order valence-corrected chi connectivity index (χ2v) is 11.8. The number of carbonyl (C=O) groups is 2. The minimum Gasteiger partial charge on any atom is -0.593 e. The van der Waals surface area contributed by atoms with Crippen molar-refractivity contribution in [3.8, 4) is 0 Å².